The highest BCUT2D eigenvalue weighted by Gasteiger charge is 2.05. The highest BCUT2D eigenvalue weighted by Crippen LogP contribution is 2.14. The number of nitro benzene ring substituents is 1. The van der Waals surface area contributed by atoms with Crippen molar-refractivity contribution < 1.29 is 14.5 Å². The van der Waals surface area contributed by atoms with Crippen LogP contribution in [0.1, 0.15) is 15.9 Å². The third kappa shape index (κ3) is 4.51. The van der Waals surface area contributed by atoms with E-state index in [4.69, 9.17) is 0 Å². The molecule has 7 heteroatoms. The molecule has 2 aromatic carbocycles. The molecule has 0 bridgehead atoms. The Labute approximate surface area is 138 Å². The van der Waals surface area contributed by atoms with E-state index in [2.05, 4.69) is 10.6 Å². The minimum atomic E-state index is -0.495. The van der Waals surface area contributed by atoms with Gasteiger partial charge in [-0.25, -0.2) is 0 Å². The maximum absolute atomic E-state index is 11.9. The zero-order valence-electron chi connectivity index (χ0n) is 12.9. The Bertz CT molecular complexity index is 798. The third-order valence-corrected chi connectivity index (χ3v) is 3.15. The molecule has 2 amide bonds. The van der Waals surface area contributed by atoms with Gasteiger partial charge in [0.2, 0.25) is 5.91 Å². The van der Waals surface area contributed by atoms with Crippen LogP contribution >= 0.6 is 0 Å². The minimum absolute atomic E-state index is 0.0395. The molecular weight excluding hydrogens is 310 g/mol. The molecule has 0 aliphatic heterocycles. The van der Waals surface area contributed by atoms with E-state index in [-0.39, 0.29) is 17.5 Å². The van der Waals surface area contributed by atoms with Crippen LogP contribution in [0.25, 0.3) is 6.08 Å². The summed E-state index contributed by atoms with van der Waals surface area (Å²) in [6.07, 6.45) is 2.77. The molecule has 0 aliphatic carbocycles. The molecule has 2 aromatic rings. The minimum Gasteiger partial charge on any atom is -0.355 e. The van der Waals surface area contributed by atoms with Crippen molar-refractivity contribution in [3.05, 3.63) is 75.8 Å². The summed E-state index contributed by atoms with van der Waals surface area (Å²) < 4.78 is 0. The van der Waals surface area contributed by atoms with E-state index < -0.39 is 4.92 Å². The van der Waals surface area contributed by atoms with Gasteiger partial charge >= 0.3 is 0 Å². The van der Waals surface area contributed by atoms with Crippen molar-refractivity contribution in [2.75, 3.05) is 12.4 Å². The predicted molar refractivity (Wildman–Crippen MR) is 90.6 cm³/mol. The number of benzene rings is 2. The van der Waals surface area contributed by atoms with Crippen LogP contribution in [0.4, 0.5) is 11.4 Å². The average Bonchev–Trinajstić information content (AvgIpc) is 2.60. The lowest BCUT2D eigenvalue weighted by Gasteiger charge is -2.04. The van der Waals surface area contributed by atoms with Gasteiger partial charge in [-0.3, -0.25) is 19.7 Å². The SMILES string of the molecule is CNC(=O)c1ccc(NC(=O)/C=C/c2cccc([N+](=O)[O-])c2)cc1. The van der Waals surface area contributed by atoms with Gasteiger partial charge in [-0.05, 0) is 35.9 Å². The van der Waals surface area contributed by atoms with Crippen LogP contribution in [0.5, 0.6) is 0 Å². The molecule has 0 aromatic heterocycles. The molecule has 0 saturated carbocycles. The fourth-order valence-electron chi connectivity index (χ4n) is 1.95. The van der Waals surface area contributed by atoms with Crippen LogP contribution in [-0.2, 0) is 4.79 Å². The molecule has 0 spiro atoms. The van der Waals surface area contributed by atoms with Crippen LogP contribution < -0.4 is 10.6 Å². The van der Waals surface area contributed by atoms with E-state index in [1.807, 2.05) is 0 Å². The molecule has 0 atom stereocenters. The summed E-state index contributed by atoms with van der Waals surface area (Å²) in [6.45, 7) is 0. The number of nitrogens with zero attached hydrogens (tertiary/aromatic N) is 1. The van der Waals surface area contributed by atoms with Gasteiger partial charge in [-0.2, -0.15) is 0 Å². The summed E-state index contributed by atoms with van der Waals surface area (Å²) in [5, 5.41) is 15.9. The number of non-ortho nitro benzene ring substituents is 1. The zero-order chi connectivity index (χ0) is 17.5. The van der Waals surface area contributed by atoms with E-state index in [9.17, 15) is 19.7 Å². The monoisotopic (exact) mass is 325 g/mol. The lowest BCUT2D eigenvalue weighted by atomic mass is 10.2. The highest BCUT2D eigenvalue weighted by molar-refractivity contribution is 6.02. The Hall–Kier alpha value is -3.48. The molecule has 0 radical (unpaired) electrons. The Balaban J connectivity index is 2.01. The Morgan fingerprint density at radius 2 is 1.83 bits per heavy atom. The van der Waals surface area contributed by atoms with Gasteiger partial charge in [-0.1, -0.05) is 12.1 Å². The van der Waals surface area contributed by atoms with Crippen molar-refractivity contribution in [1.82, 2.24) is 5.32 Å². The summed E-state index contributed by atoms with van der Waals surface area (Å²) in [5.74, 6) is -0.590. The molecule has 7 nitrogen and oxygen atoms in total. The second-order valence-corrected chi connectivity index (χ2v) is 4.83. The standard InChI is InChI=1S/C17H15N3O4/c1-18-17(22)13-6-8-14(9-7-13)19-16(21)10-5-12-3-2-4-15(11-12)20(23)24/h2-11H,1H3,(H,18,22)(H,19,21)/b10-5+. The molecule has 24 heavy (non-hydrogen) atoms. The Morgan fingerprint density at radius 3 is 2.46 bits per heavy atom. The van der Waals surface area contributed by atoms with E-state index in [1.54, 1.807) is 36.4 Å². The quantitative estimate of drug-likeness (QED) is 0.501. The molecule has 0 aliphatic rings. The topological polar surface area (TPSA) is 101 Å². The maximum atomic E-state index is 11.9. The van der Waals surface area contributed by atoms with E-state index in [1.165, 1.54) is 31.3 Å². The van der Waals surface area contributed by atoms with E-state index >= 15 is 0 Å². The van der Waals surface area contributed by atoms with Crippen molar-refractivity contribution in [2.45, 2.75) is 0 Å². The maximum Gasteiger partial charge on any atom is 0.270 e. The van der Waals surface area contributed by atoms with Crippen molar-refractivity contribution in [3.63, 3.8) is 0 Å². The van der Waals surface area contributed by atoms with Crippen LogP contribution in [0.2, 0.25) is 0 Å². The lowest BCUT2D eigenvalue weighted by Crippen LogP contribution is -2.17. The van der Waals surface area contributed by atoms with E-state index in [0.717, 1.165) is 0 Å². The molecule has 122 valence electrons. The van der Waals surface area contributed by atoms with Gasteiger partial charge < -0.3 is 10.6 Å². The number of nitro groups is 1. The van der Waals surface area contributed by atoms with Crippen LogP contribution in [0, 0.1) is 10.1 Å². The van der Waals surface area contributed by atoms with Gasteiger partial charge in [0, 0.05) is 36.5 Å². The van der Waals surface area contributed by atoms with Gasteiger partial charge in [0.05, 0.1) is 4.92 Å². The number of rotatable bonds is 5. The van der Waals surface area contributed by atoms with Crippen molar-refractivity contribution in [3.8, 4) is 0 Å². The summed E-state index contributed by atoms with van der Waals surface area (Å²) in [4.78, 5) is 33.5. The van der Waals surface area contributed by atoms with E-state index in [0.29, 0.717) is 16.8 Å². The first-order valence-corrected chi connectivity index (χ1v) is 7.05. The molecule has 2 N–H and O–H groups in total. The van der Waals surface area contributed by atoms with Gasteiger partial charge in [0.15, 0.2) is 0 Å². The van der Waals surface area contributed by atoms with Gasteiger partial charge in [0.1, 0.15) is 0 Å². The fraction of sp³-hybridized carbons (Fsp3) is 0.0588. The number of nitrogens with one attached hydrogen (secondary N) is 2. The summed E-state index contributed by atoms with van der Waals surface area (Å²) in [7, 11) is 1.54. The molecule has 0 saturated heterocycles. The predicted octanol–water partition coefficient (Wildman–Crippen LogP) is 2.61. The van der Waals surface area contributed by atoms with Crippen molar-refractivity contribution >= 4 is 29.3 Å². The first-order valence-electron chi connectivity index (χ1n) is 7.05. The number of hydrogen-bond acceptors (Lipinski definition) is 4. The van der Waals surface area contributed by atoms with Gasteiger partial charge in [0.25, 0.3) is 11.6 Å². The normalized spacial score (nSPS) is 10.4. The van der Waals surface area contributed by atoms with Gasteiger partial charge in [-0.15, -0.1) is 0 Å². The van der Waals surface area contributed by atoms with Crippen LogP contribution in [0.15, 0.2) is 54.6 Å². The largest absolute Gasteiger partial charge is 0.355 e. The van der Waals surface area contributed by atoms with Crippen LogP contribution in [0.3, 0.4) is 0 Å². The number of hydrogen-bond donors (Lipinski definition) is 2. The molecular formula is C17H15N3O4. The number of carbonyl (C=O) groups excluding carboxylic acids is 2. The first kappa shape index (κ1) is 16.9. The average molecular weight is 325 g/mol. The number of carbonyl (C=O) groups is 2. The smallest absolute Gasteiger partial charge is 0.270 e. The Morgan fingerprint density at radius 1 is 1.12 bits per heavy atom. The summed E-state index contributed by atoms with van der Waals surface area (Å²) in [6, 6.07) is 12.4. The summed E-state index contributed by atoms with van der Waals surface area (Å²) >= 11 is 0. The highest BCUT2D eigenvalue weighted by atomic mass is 16.6. The lowest BCUT2D eigenvalue weighted by molar-refractivity contribution is -0.384. The molecule has 0 unspecified atom stereocenters. The fourth-order valence-corrected chi connectivity index (χ4v) is 1.95. The van der Waals surface area contributed by atoms with Crippen LogP contribution in [-0.4, -0.2) is 23.8 Å². The number of anilines is 1. The number of amides is 2. The Kier molecular flexibility index (Phi) is 5.40. The third-order valence-electron chi connectivity index (χ3n) is 3.15. The van der Waals surface area contributed by atoms with Crippen molar-refractivity contribution in [1.29, 1.82) is 0 Å². The van der Waals surface area contributed by atoms with Crippen molar-refractivity contribution in [2.24, 2.45) is 0 Å². The molecule has 0 heterocycles. The second kappa shape index (κ2) is 7.68. The molecule has 0 fully saturated rings. The second-order valence-electron chi connectivity index (χ2n) is 4.83. The summed E-state index contributed by atoms with van der Waals surface area (Å²) in [5.41, 5.74) is 1.54. The zero-order valence-corrected chi connectivity index (χ0v) is 12.9. The first-order chi connectivity index (χ1) is 11.5. The molecule has 2 rings (SSSR count).